The van der Waals surface area contributed by atoms with Gasteiger partial charge in [-0.25, -0.2) is 9.38 Å². The highest BCUT2D eigenvalue weighted by Gasteiger charge is 2.36. The van der Waals surface area contributed by atoms with Crippen LogP contribution in [0.15, 0.2) is 16.8 Å². The molecule has 5 heteroatoms. The summed E-state index contributed by atoms with van der Waals surface area (Å²) in [6.45, 7) is 6.56. The van der Waals surface area contributed by atoms with Crippen molar-refractivity contribution in [3.63, 3.8) is 0 Å². The topological polar surface area (TPSA) is 36.9 Å². The maximum atomic E-state index is 13.6. The van der Waals surface area contributed by atoms with Crippen molar-refractivity contribution in [1.82, 2.24) is 10.2 Å². The number of rotatable bonds is 5. The van der Waals surface area contributed by atoms with Crippen molar-refractivity contribution in [2.45, 2.75) is 58.3 Å². The van der Waals surface area contributed by atoms with Gasteiger partial charge in [0.15, 0.2) is 0 Å². The minimum absolute atomic E-state index is 0.0373. The molecule has 0 aromatic rings. The van der Waals surface area contributed by atoms with E-state index < -0.39 is 6.17 Å². The number of aliphatic imine (C=N–C) groups is 1. The third-order valence-corrected chi connectivity index (χ3v) is 3.95. The van der Waals surface area contributed by atoms with Gasteiger partial charge in [0.2, 0.25) is 0 Å². The van der Waals surface area contributed by atoms with Gasteiger partial charge in [-0.15, -0.1) is 0 Å². The van der Waals surface area contributed by atoms with E-state index in [0.717, 1.165) is 18.5 Å². The molecule has 0 aromatic carbocycles. The molecule has 4 nitrogen and oxygen atoms in total. The van der Waals surface area contributed by atoms with Gasteiger partial charge in [-0.1, -0.05) is 19.9 Å². The van der Waals surface area contributed by atoms with Crippen LogP contribution in [0.5, 0.6) is 0 Å². The summed E-state index contributed by atoms with van der Waals surface area (Å²) < 4.78 is 19.3. The number of allylic oxidation sites excluding steroid dienone is 2. The average Bonchev–Trinajstić information content (AvgIpc) is 2.69. The molecule has 1 N–H and O–H groups in total. The summed E-state index contributed by atoms with van der Waals surface area (Å²) in [5, 5.41) is 3.19. The van der Waals surface area contributed by atoms with Crippen molar-refractivity contribution in [1.29, 1.82) is 0 Å². The molecular weight excluding hydrogens is 257 g/mol. The number of likely N-dealkylation sites (tertiary alicyclic amines) is 1. The fraction of sp³-hybridized carbons (Fsp3) is 0.800. The van der Waals surface area contributed by atoms with Crippen LogP contribution in [0.4, 0.5) is 4.39 Å². The van der Waals surface area contributed by atoms with Crippen molar-refractivity contribution >= 4 is 6.02 Å². The smallest absolute Gasteiger partial charge is 0.288 e. The zero-order valence-corrected chi connectivity index (χ0v) is 13.3. The summed E-state index contributed by atoms with van der Waals surface area (Å²) in [4.78, 5) is 6.15. The maximum absolute atomic E-state index is 13.6. The first-order valence-corrected chi connectivity index (χ1v) is 7.45. The number of halogens is 1. The molecule has 1 fully saturated rings. The standard InChI is InChI=1S/C15H28FN3O/c1-6-8-12(7-2)18-15(17-4)20-10-13-9-14(16)11(3)19(13)5/h8,11,13-14H,6-7,9-10H2,1-5H3,(H,17,18)/b12-8+/t11-,13-,14+/m0/s1. The van der Waals surface area contributed by atoms with Crippen LogP contribution in [0.1, 0.15) is 40.0 Å². The lowest BCUT2D eigenvalue weighted by molar-refractivity contribution is 0.158. The molecule has 0 bridgehead atoms. The highest BCUT2D eigenvalue weighted by Crippen LogP contribution is 2.25. The zero-order chi connectivity index (χ0) is 15.1. The summed E-state index contributed by atoms with van der Waals surface area (Å²) >= 11 is 0. The van der Waals surface area contributed by atoms with Crippen molar-refractivity contribution in [3.05, 3.63) is 11.8 Å². The molecule has 1 aliphatic heterocycles. The number of amidine groups is 1. The molecule has 0 radical (unpaired) electrons. The number of ether oxygens (including phenoxy) is 1. The van der Waals surface area contributed by atoms with Gasteiger partial charge in [-0.2, -0.15) is 0 Å². The third kappa shape index (κ3) is 4.47. The van der Waals surface area contributed by atoms with E-state index in [2.05, 4.69) is 30.2 Å². The van der Waals surface area contributed by atoms with Crippen LogP contribution in [0.2, 0.25) is 0 Å². The molecule has 0 spiro atoms. The van der Waals surface area contributed by atoms with Crippen molar-refractivity contribution in [2.75, 3.05) is 20.7 Å². The third-order valence-electron chi connectivity index (χ3n) is 3.95. The Morgan fingerprint density at radius 2 is 2.20 bits per heavy atom. The van der Waals surface area contributed by atoms with Crippen LogP contribution >= 0.6 is 0 Å². The number of nitrogens with one attached hydrogen (secondary N) is 1. The first kappa shape index (κ1) is 17.0. The number of nitrogens with zero attached hydrogens (tertiary/aromatic N) is 2. The van der Waals surface area contributed by atoms with Gasteiger partial charge in [-0.3, -0.25) is 4.90 Å². The molecule has 1 saturated heterocycles. The molecule has 0 amide bonds. The minimum Gasteiger partial charge on any atom is -0.463 e. The summed E-state index contributed by atoms with van der Waals surface area (Å²) in [6, 6.07) is 0.582. The number of likely N-dealkylation sites (N-methyl/N-ethyl adjacent to an activating group) is 1. The number of hydrogen-bond acceptors (Lipinski definition) is 3. The fourth-order valence-corrected chi connectivity index (χ4v) is 2.40. The molecule has 116 valence electrons. The Balaban J connectivity index is 2.49. The Morgan fingerprint density at radius 3 is 2.65 bits per heavy atom. The van der Waals surface area contributed by atoms with E-state index >= 15 is 0 Å². The Bertz CT molecular complexity index is 357. The fourth-order valence-electron chi connectivity index (χ4n) is 2.40. The number of hydrogen-bond donors (Lipinski definition) is 1. The van der Waals surface area contributed by atoms with E-state index in [1.54, 1.807) is 7.05 Å². The summed E-state index contributed by atoms with van der Waals surface area (Å²) in [5.41, 5.74) is 1.10. The van der Waals surface area contributed by atoms with Crippen molar-refractivity contribution in [2.24, 2.45) is 4.99 Å². The largest absolute Gasteiger partial charge is 0.463 e. The Kier molecular flexibility index (Phi) is 6.99. The molecular formula is C15H28FN3O. The van der Waals surface area contributed by atoms with Crippen LogP contribution < -0.4 is 5.32 Å². The summed E-state index contributed by atoms with van der Waals surface area (Å²) in [7, 11) is 3.64. The first-order chi connectivity index (χ1) is 9.53. The lowest BCUT2D eigenvalue weighted by atomic mass is 10.2. The second-order valence-electron chi connectivity index (χ2n) is 5.27. The van der Waals surface area contributed by atoms with E-state index in [-0.39, 0.29) is 12.1 Å². The zero-order valence-electron chi connectivity index (χ0n) is 13.3. The molecule has 20 heavy (non-hydrogen) atoms. The van der Waals surface area contributed by atoms with Gasteiger partial charge in [0.1, 0.15) is 12.8 Å². The second-order valence-corrected chi connectivity index (χ2v) is 5.27. The average molecular weight is 285 g/mol. The van der Waals surface area contributed by atoms with Gasteiger partial charge in [-0.05, 0) is 33.2 Å². The molecule has 0 aliphatic carbocycles. The van der Waals surface area contributed by atoms with Crippen LogP contribution in [-0.4, -0.2) is 49.9 Å². The Morgan fingerprint density at radius 1 is 1.50 bits per heavy atom. The summed E-state index contributed by atoms with van der Waals surface area (Å²) in [5.74, 6) is 0. The molecule has 1 heterocycles. The summed E-state index contributed by atoms with van der Waals surface area (Å²) in [6.07, 6.45) is 3.76. The van der Waals surface area contributed by atoms with Crippen LogP contribution in [0.25, 0.3) is 0 Å². The SMILES string of the molecule is CC/C=C(\CC)NC(=NC)OC[C@@H]1C[C@@H](F)[C@H](C)N1C. The van der Waals surface area contributed by atoms with Gasteiger partial charge in [0, 0.05) is 24.8 Å². The van der Waals surface area contributed by atoms with Crippen molar-refractivity contribution in [3.8, 4) is 0 Å². The lowest BCUT2D eigenvalue weighted by Crippen LogP contribution is -2.37. The lowest BCUT2D eigenvalue weighted by Gasteiger charge is -2.23. The van der Waals surface area contributed by atoms with E-state index in [1.807, 2.05) is 18.9 Å². The monoisotopic (exact) mass is 285 g/mol. The van der Waals surface area contributed by atoms with Crippen LogP contribution in [-0.2, 0) is 4.74 Å². The number of alkyl halides is 1. The molecule has 1 rings (SSSR count). The predicted molar refractivity (Wildman–Crippen MR) is 81.6 cm³/mol. The van der Waals surface area contributed by atoms with Crippen molar-refractivity contribution < 1.29 is 9.13 Å². The van der Waals surface area contributed by atoms with Gasteiger partial charge in [0.05, 0.1) is 0 Å². The maximum Gasteiger partial charge on any atom is 0.288 e. The molecule has 3 atom stereocenters. The van der Waals surface area contributed by atoms with E-state index in [0.29, 0.717) is 19.0 Å². The first-order valence-electron chi connectivity index (χ1n) is 7.45. The van der Waals surface area contributed by atoms with Crippen LogP contribution in [0, 0.1) is 0 Å². The van der Waals surface area contributed by atoms with E-state index in [1.165, 1.54) is 0 Å². The molecule has 0 saturated carbocycles. The second kappa shape index (κ2) is 8.25. The van der Waals surface area contributed by atoms with E-state index in [4.69, 9.17) is 4.74 Å². The van der Waals surface area contributed by atoms with E-state index in [9.17, 15) is 4.39 Å². The Labute approximate surface area is 122 Å². The Hall–Kier alpha value is -1.10. The van der Waals surface area contributed by atoms with Gasteiger partial charge < -0.3 is 10.1 Å². The minimum atomic E-state index is -0.769. The molecule has 0 unspecified atom stereocenters. The highest BCUT2D eigenvalue weighted by atomic mass is 19.1. The normalized spacial score (nSPS) is 28.8. The quantitative estimate of drug-likeness (QED) is 0.623. The molecule has 1 aliphatic rings. The molecule has 0 aromatic heterocycles. The predicted octanol–water partition coefficient (Wildman–Crippen LogP) is 2.71. The highest BCUT2D eigenvalue weighted by molar-refractivity contribution is 5.75. The van der Waals surface area contributed by atoms with Gasteiger partial charge in [0.25, 0.3) is 6.02 Å². The van der Waals surface area contributed by atoms with Crippen LogP contribution in [0.3, 0.4) is 0 Å². The van der Waals surface area contributed by atoms with Gasteiger partial charge >= 0.3 is 0 Å².